The molecule has 0 atom stereocenters. The summed E-state index contributed by atoms with van der Waals surface area (Å²) in [4.78, 5) is 11.8. The molecule has 0 spiro atoms. The Labute approximate surface area is 122 Å². The van der Waals surface area contributed by atoms with E-state index in [2.05, 4.69) is 5.32 Å². The predicted octanol–water partition coefficient (Wildman–Crippen LogP) is 2.76. The standard InChI is InChI=1S/C13H15Cl2NO3/c1-18-7-8-19-11-4-2-3-10(9-11)13(17)16-6-5-12(14)15/h2-5,9H,6-8H2,1H3,(H,16,17). The maximum Gasteiger partial charge on any atom is 0.251 e. The molecule has 1 N–H and O–H groups in total. The predicted molar refractivity (Wildman–Crippen MR) is 75.9 cm³/mol. The lowest BCUT2D eigenvalue weighted by Gasteiger charge is -2.07. The van der Waals surface area contributed by atoms with Crippen molar-refractivity contribution in [2.45, 2.75) is 0 Å². The Kier molecular flexibility index (Phi) is 7.33. The summed E-state index contributed by atoms with van der Waals surface area (Å²) in [5.41, 5.74) is 0.508. The van der Waals surface area contributed by atoms with Crippen LogP contribution < -0.4 is 10.1 Å². The largest absolute Gasteiger partial charge is 0.491 e. The van der Waals surface area contributed by atoms with Crippen LogP contribution >= 0.6 is 23.2 Å². The average molecular weight is 304 g/mol. The number of carbonyl (C=O) groups is 1. The fourth-order valence-electron chi connectivity index (χ4n) is 1.29. The minimum absolute atomic E-state index is 0.122. The zero-order valence-corrected chi connectivity index (χ0v) is 12.0. The Bertz CT molecular complexity index is 445. The van der Waals surface area contributed by atoms with Crippen molar-refractivity contribution in [2.24, 2.45) is 0 Å². The van der Waals surface area contributed by atoms with Gasteiger partial charge in [0.25, 0.3) is 5.91 Å². The number of nitrogens with one attached hydrogen (secondary N) is 1. The molecule has 6 heteroatoms. The first-order valence-corrected chi connectivity index (χ1v) is 6.40. The summed E-state index contributed by atoms with van der Waals surface area (Å²) >= 11 is 10.9. The van der Waals surface area contributed by atoms with Gasteiger partial charge in [-0.15, -0.1) is 0 Å². The van der Waals surface area contributed by atoms with Crippen molar-refractivity contribution >= 4 is 29.1 Å². The highest BCUT2D eigenvalue weighted by atomic mass is 35.5. The number of rotatable bonds is 7. The molecule has 0 aliphatic rings. The second kappa shape index (κ2) is 8.80. The van der Waals surface area contributed by atoms with E-state index in [1.54, 1.807) is 31.4 Å². The van der Waals surface area contributed by atoms with E-state index in [4.69, 9.17) is 32.7 Å². The zero-order valence-electron chi connectivity index (χ0n) is 10.5. The van der Waals surface area contributed by atoms with Crippen LogP contribution in [-0.2, 0) is 4.74 Å². The van der Waals surface area contributed by atoms with E-state index in [-0.39, 0.29) is 16.9 Å². The second-order valence-corrected chi connectivity index (χ2v) is 4.58. The molecule has 104 valence electrons. The van der Waals surface area contributed by atoms with Gasteiger partial charge >= 0.3 is 0 Å². The van der Waals surface area contributed by atoms with Crippen LogP contribution in [0, 0.1) is 0 Å². The van der Waals surface area contributed by atoms with Crippen molar-refractivity contribution in [3.63, 3.8) is 0 Å². The van der Waals surface area contributed by atoms with Gasteiger partial charge in [-0.25, -0.2) is 0 Å². The molecule has 0 heterocycles. The van der Waals surface area contributed by atoms with E-state index in [0.717, 1.165) is 0 Å². The monoisotopic (exact) mass is 303 g/mol. The fraction of sp³-hybridized carbons (Fsp3) is 0.308. The molecule has 0 bridgehead atoms. The minimum Gasteiger partial charge on any atom is -0.491 e. The second-order valence-electron chi connectivity index (χ2n) is 3.57. The van der Waals surface area contributed by atoms with Crippen LogP contribution in [0.4, 0.5) is 0 Å². The molecule has 1 rings (SSSR count). The lowest BCUT2D eigenvalue weighted by Crippen LogP contribution is -2.23. The maximum absolute atomic E-state index is 11.8. The van der Waals surface area contributed by atoms with E-state index >= 15 is 0 Å². The van der Waals surface area contributed by atoms with Crippen molar-refractivity contribution in [2.75, 3.05) is 26.9 Å². The smallest absolute Gasteiger partial charge is 0.251 e. The Morgan fingerprint density at radius 3 is 2.84 bits per heavy atom. The first kappa shape index (κ1) is 15.8. The zero-order chi connectivity index (χ0) is 14.1. The lowest BCUT2D eigenvalue weighted by atomic mass is 10.2. The van der Waals surface area contributed by atoms with E-state index in [1.807, 2.05) is 0 Å². The lowest BCUT2D eigenvalue weighted by molar-refractivity contribution is 0.0957. The van der Waals surface area contributed by atoms with E-state index in [0.29, 0.717) is 24.5 Å². The first-order chi connectivity index (χ1) is 9.13. The molecule has 1 amide bonds. The quantitative estimate of drug-likeness (QED) is 0.788. The third kappa shape index (κ3) is 6.47. The summed E-state index contributed by atoms with van der Waals surface area (Å²) in [6.45, 7) is 1.21. The number of halogens is 2. The topological polar surface area (TPSA) is 47.6 Å². The molecule has 0 aromatic heterocycles. The van der Waals surface area contributed by atoms with Gasteiger partial charge in [0.1, 0.15) is 16.8 Å². The molecule has 1 aromatic rings. The van der Waals surface area contributed by atoms with Gasteiger partial charge in [-0.2, -0.15) is 0 Å². The number of carbonyl (C=O) groups excluding carboxylic acids is 1. The van der Waals surface area contributed by atoms with Crippen LogP contribution in [0.15, 0.2) is 34.8 Å². The van der Waals surface area contributed by atoms with Crippen LogP contribution in [0.3, 0.4) is 0 Å². The van der Waals surface area contributed by atoms with Crippen LogP contribution in [0.2, 0.25) is 0 Å². The van der Waals surface area contributed by atoms with Crippen molar-refractivity contribution in [3.8, 4) is 5.75 Å². The summed E-state index contributed by atoms with van der Waals surface area (Å²) in [5, 5.41) is 2.66. The molecule has 0 fully saturated rings. The third-order valence-electron chi connectivity index (χ3n) is 2.17. The summed E-state index contributed by atoms with van der Waals surface area (Å²) in [6, 6.07) is 6.89. The Morgan fingerprint density at radius 2 is 2.16 bits per heavy atom. The van der Waals surface area contributed by atoms with Gasteiger partial charge < -0.3 is 14.8 Å². The molecule has 1 aromatic carbocycles. The van der Waals surface area contributed by atoms with E-state index in [9.17, 15) is 4.79 Å². The summed E-state index contributed by atoms with van der Waals surface area (Å²) in [6.07, 6.45) is 1.50. The normalized spacial score (nSPS) is 9.84. The molecule has 0 aliphatic heterocycles. The Morgan fingerprint density at radius 1 is 1.37 bits per heavy atom. The number of ether oxygens (including phenoxy) is 2. The van der Waals surface area contributed by atoms with Crippen LogP contribution in [0.5, 0.6) is 5.75 Å². The van der Waals surface area contributed by atoms with Crippen molar-refractivity contribution in [1.29, 1.82) is 0 Å². The van der Waals surface area contributed by atoms with Gasteiger partial charge in [0.15, 0.2) is 0 Å². The number of benzene rings is 1. The third-order valence-corrected chi connectivity index (χ3v) is 2.48. The van der Waals surface area contributed by atoms with Gasteiger partial charge in [0.05, 0.1) is 6.61 Å². The summed E-state index contributed by atoms with van der Waals surface area (Å²) in [5.74, 6) is 0.402. The number of amides is 1. The highest BCUT2D eigenvalue weighted by Gasteiger charge is 2.05. The van der Waals surface area contributed by atoms with Crippen LogP contribution in [0.1, 0.15) is 10.4 Å². The molecular weight excluding hydrogens is 289 g/mol. The van der Waals surface area contributed by atoms with E-state index < -0.39 is 0 Å². The molecular formula is C13H15Cl2NO3. The molecule has 0 saturated heterocycles. The highest BCUT2D eigenvalue weighted by Crippen LogP contribution is 2.13. The average Bonchev–Trinajstić information content (AvgIpc) is 2.39. The van der Waals surface area contributed by atoms with Crippen LogP contribution in [-0.4, -0.2) is 32.8 Å². The molecule has 0 aliphatic carbocycles. The maximum atomic E-state index is 11.8. The molecule has 0 unspecified atom stereocenters. The molecule has 19 heavy (non-hydrogen) atoms. The van der Waals surface area contributed by atoms with Crippen molar-refractivity contribution < 1.29 is 14.3 Å². The minimum atomic E-state index is -0.219. The molecule has 0 radical (unpaired) electrons. The van der Waals surface area contributed by atoms with Gasteiger partial charge in [0, 0.05) is 19.2 Å². The number of hydrogen-bond acceptors (Lipinski definition) is 3. The number of hydrogen-bond donors (Lipinski definition) is 1. The van der Waals surface area contributed by atoms with Gasteiger partial charge in [-0.05, 0) is 24.3 Å². The fourth-order valence-corrected chi connectivity index (χ4v) is 1.45. The Hall–Kier alpha value is -1.23. The number of methoxy groups -OCH3 is 1. The molecule has 4 nitrogen and oxygen atoms in total. The highest BCUT2D eigenvalue weighted by molar-refractivity contribution is 6.55. The Balaban J connectivity index is 2.55. The van der Waals surface area contributed by atoms with Crippen LogP contribution in [0.25, 0.3) is 0 Å². The van der Waals surface area contributed by atoms with Gasteiger partial charge in [-0.1, -0.05) is 29.3 Å². The molecule has 0 saturated carbocycles. The van der Waals surface area contributed by atoms with E-state index in [1.165, 1.54) is 6.08 Å². The van der Waals surface area contributed by atoms with Crippen molar-refractivity contribution in [1.82, 2.24) is 5.32 Å². The van der Waals surface area contributed by atoms with Gasteiger partial charge in [0.2, 0.25) is 0 Å². The van der Waals surface area contributed by atoms with Gasteiger partial charge in [-0.3, -0.25) is 4.79 Å². The summed E-state index contributed by atoms with van der Waals surface area (Å²) in [7, 11) is 1.60. The summed E-state index contributed by atoms with van der Waals surface area (Å²) < 4.78 is 10.4. The first-order valence-electron chi connectivity index (χ1n) is 5.64. The van der Waals surface area contributed by atoms with Crippen molar-refractivity contribution in [3.05, 3.63) is 40.4 Å². The SMILES string of the molecule is COCCOc1cccc(C(=O)NCC=C(Cl)Cl)c1.